The van der Waals surface area contributed by atoms with Crippen molar-refractivity contribution in [1.29, 1.82) is 0 Å². The van der Waals surface area contributed by atoms with E-state index >= 15 is 0 Å². The molecule has 0 saturated heterocycles. The first-order valence-electron chi connectivity index (χ1n) is 4.48. The zero-order chi connectivity index (χ0) is 11.5. The van der Waals surface area contributed by atoms with E-state index in [0.717, 1.165) is 0 Å². The Balaban J connectivity index is 2.84. The van der Waals surface area contributed by atoms with E-state index in [-0.39, 0.29) is 12.3 Å². The minimum absolute atomic E-state index is 0.0755. The number of nitrogens with zero attached hydrogens (tertiary/aromatic N) is 1. The Morgan fingerprint density at radius 3 is 2.73 bits per heavy atom. The molecular weight excluding hydrogens is 199 g/mol. The molecule has 4 nitrogen and oxygen atoms in total. The summed E-state index contributed by atoms with van der Waals surface area (Å²) in [6.45, 7) is 0.344. The van der Waals surface area contributed by atoms with Crippen LogP contribution in [0.15, 0.2) is 18.3 Å². The Bertz CT molecular complexity index is 353. The first-order valence-corrected chi connectivity index (χ1v) is 4.48. The molecule has 0 aliphatic carbocycles. The monoisotopic (exact) mass is 212 g/mol. The van der Waals surface area contributed by atoms with Crippen LogP contribution in [-0.2, 0) is 11.2 Å². The van der Waals surface area contributed by atoms with Gasteiger partial charge in [0.1, 0.15) is 12.2 Å². The number of Topliss-reactive ketones (excluding diaryl/α,β-unsaturated/α-hetero) is 1. The highest BCUT2D eigenvalue weighted by Crippen LogP contribution is 2.14. The number of aromatic nitrogens is 1. The number of halogens is 1. The lowest BCUT2D eigenvalue weighted by Crippen LogP contribution is -2.50. The molecule has 1 aromatic rings. The second-order valence-corrected chi connectivity index (χ2v) is 3.55. The highest BCUT2D eigenvalue weighted by atomic mass is 19.1. The van der Waals surface area contributed by atoms with Gasteiger partial charge in [-0.1, -0.05) is 6.07 Å². The molecule has 0 bridgehead atoms. The topological polar surface area (TPSA) is 76.2 Å². The smallest absolute Gasteiger partial charge is 0.210 e. The number of pyridine rings is 1. The number of hydrogen-bond donors (Lipinski definition) is 2. The van der Waals surface area contributed by atoms with Gasteiger partial charge in [-0.15, -0.1) is 0 Å². The third-order valence-electron chi connectivity index (χ3n) is 2.27. The predicted molar refractivity (Wildman–Crippen MR) is 53.2 cm³/mol. The molecule has 0 spiro atoms. The number of carbonyl (C=O) groups is 1. The molecule has 1 heterocycles. The van der Waals surface area contributed by atoms with E-state index in [1.807, 2.05) is 0 Å². The molecule has 82 valence electrons. The fourth-order valence-corrected chi connectivity index (χ4v) is 1.15. The Morgan fingerprint density at radius 1 is 1.67 bits per heavy atom. The third kappa shape index (κ3) is 2.73. The van der Waals surface area contributed by atoms with Gasteiger partial charge in [-0.25, -0.2) is 9.37 Å². The summed E-state index contributed by atoms with van der Waals surface area (Å²) in [7, 11) is 0. The summed E-state index contributed by atoms with van der Waals surface area (Å²) in [5.74, 6) is -0.525. The van der Waals surface area contributed by atoms with E-state index in [2.05, 4.69) is 4.98 Å². The van der Waals surface area contributed by atoms with Gasteiger partial charge >= 0.3 is 0 Å². The second kappa shape index (κ2) is 4.35. The van der Waals surface area contributed by atoms with Crippen LogP contribution < -0.4 is 5.73 Å². The summed E-state index contributed by atoms with van der Waals surface area (Å²) >= 11 is 0. The molecule has 0 aliphatic rings. The number of nitrogens with two attached hydrogens (primary N) is 1. The van der Waals surface area contributed by atoms with Crippen LogP contribution in [0, 0.1) is 0 Å². The minimum Gasteiger partial charge on any atom is -0.493 e. The van der Waals surface area contributed by atoms with Gasteiger partial charge in [0.05, 0.1) is 0 Å². The van der Waals surface area contributed by atoms with Gasteiger partial charge in [0.15, 0.2) is 5.78 Å². The number of alkyl halides is 1. The van der Waals surface area contributed by atoms with Crippen molar-refractivity contribution in [2.45, 2.75) is 18.9 Å². The molecule has 0 saturated carbocycles. The van der Waals surface area contributed by atoms with Crippen LogP contribution in [0.1, 0.15) is 12.5 Å². The van der Waals surface area contributed by atoms with Crippen molar-refractivity contribution in [2.75, 3.05) is 6.67 Å². The lowest BCUT2D eigenvalue weighted by molar-refractivity contribution is -0.122. The fourth-order valence-electron chi connectivity index (χ4n) is 1.15. The first-order chi connectivity index (χ1) is 6.98. The largest absolute Gasteiger partial charge is 0.493 e. The lowest BCUT2D eigenvalue weighted by atomic mass is 9.90. The number of aromatic hydroxyl groups is 1. The van der Waals surface area contributed by atoms with Gasteiger partial charge in [-0.05, 0) is 12.5 Å². The van der Waals surface area contributed by atoms with Crippen LogP contribution in [0.5, 0.6) is 5.88 Å². The Hall–Kier alpha value is -1.49. The predicted octanol–water partition coefficient (Wildman–Crippen LogP) is 0.586. The average Bonchev–Trinajstić information content (AvgIpc) is 2.21. The van der Waals surface area contributed by atoms with Crippen molar-refractivity contribution in [3.05, 3.63) is 23.9 Å². The van der Waals surface area contributed by atoms with E-state index in [4.69, 9.17) is 10.8 Å². The molecule has 1 aromatic heterocycles. The molecule has 0 radical (unpaired) electrons. The van der Waals surface area contributed by atoms with Crippen molar-refractivity contribution in [2.24, 2.45) is 5.73 Å². The van der Waals surface area contributed by atoms with Crippen molar-refractivity contribution < 1.29 is 14.3 Å². The number of carbonyl (C=O) groups excluding carboxylic acids is 1. The van der Waals surface area contributed by atoms with E-state index in [1.54, 1.807) is 6.07 Å². The van der Waals surface area contributed by atoms with Crippen molar-refractivity contribution in [1.82, 2.24) is 4.98 Å². The summed E-state index contributed by atoms with van der Waals surface area (Å²) in [5.41, 5.74) is 4.72. The molecule has 1 atom stereocenters. The Morgan fingerprint density at radius 2 is 2.33 bits per heavy atom. The first kappa shape index (κ1) is 11.6. The maximum absolute atomic E-state index is 12.6. The zero-order valence-corrected chi connectivity index (χ0v) is 8.40. The maximum atomic E-state index is 12.6. The fraction of sp³-hybridized carbons (Fsp3) is 0.400. The highest BCUT2D eigenvalue weighted by molar-refractivity contribution is 5.86. The molecular formula is C10H13FN2O2. The summed E-state index contributed by atoms with van der Waals surface area (Å²) < 4.78 is 12.6. The van der Waals surface area contributed by atoms with Crippen molar-refractivity contribution >= 4 is 5.78 Å². The maximum Gasteiger partial charge on any atom is 0.210 e. The summed E-state index contributed by atoms with van der Waals surface area (Å²) in [4.78, 5) is 14.8. The molecule has 5 heteroatoms. The van der Waals surface area contributed by atoms with Crippen molar-refractivity contribution in [3.63, 3.8) is 0 Å². The zero-order valence-electron chi connectivity index (χ0n) is 8.40. The standard InChI is InChI=1S/C10H13FN2O2/c1-7(14)10(12,6-11)4-8-2-3-9(15)13-5-8/h2-3,5H,4,6,12H2,1H3,(H,13,15)/t10-/m1/s1. The highest BCUT2D eigenvalue weighted by Gasteiger charge is 2.31. The lowest BCUT2D eigenvalue weighted by Gasteiger charge is -2.22. The van der Waals surface area contributed by atoms with Gasteiger partial charge in [0, 0.05) is 18.7 Å². The van der Waals surface area contributed by atoms with Gasteiger partial charge in [-0.2, -0.15) is 0 Å². The minimum atomic E-state index is -1.49. The number of hydrogen-bond acceptors (Lipinski definition) is 4. The van der Waals surface area contributed by atoms with Crippen LogP contribution in [0.3, 0.4) is 0 Å². The van der Waals surface area contributed by atoms with Gasteiger partial charge in [-0.3, -0.25) is 4.79 Å². The molecule has 15 heavy (non-hydrogen) atoms. The van der Waals surface area contributed by atoms with E-state index < -0.39 is 18.0 Å². The van der Waals surface area contributed by atoms with E-state index in [0.29, 0.717) is 5.56 Å². The van der Waals surface area contributed by atoms with Crippen LogP contribution in [0.2, 0.25) is 0 Å². The Labute approximate surface area is 86.9 Å². The van der Waals surface area contributed by atoms with Crippen LogP contribution in [0.25, 0.3) is 0 Å². The molecule has 0 fully saturated rings. The van der Waals surface area contributed by atoms with Crippen LogP contribution >= 0.6 is 0 Å². The normalized spacial score (nSPS) is 14.6. The summed E-state index contributed by atoms with van der Waals surface area (Å²) in [5, 5.41) is 8.94. The van der Waals surface area contributed by atoms with Crippen LogP contribution in [-0.4, -0.2) is 28.1 Å². The second-order valence-electron chi connectivity index (χ2n) is 3.55. The molecule has 1 rings (SSSR count). The van der Waals surface area contributed by atoms with E-state index in [9.17, 15) is 9.18 Å². The Kier molecular flexibility index (Phi) is 3.36. The molecule has 3 N–H and O–H groups in total. The summed E-state index contributed by atoms with van der Waals surface area (Å²) in [6, 6.07) is 2.93. The molecule has 0 aromatic carbocycles. The molecule has 0 amide bonds. The molecule has 0 aliphatic heterocycles. The van der Waals surface area contributed by atoms with Gasteiger partial charge in [0.2, 0.25) is 5.88 Å². The van der Waals surface area contributed by atoms with Crippen molar-refractivity contribution in [3.8, 4) is 5.88 Å². The number of ketones is 1. The third-order valence-corrected chi connectivity index (χ3v) is 2.27. The molecule has 0 unspecified atom stereocenters. The average molecular weight is 212 g/mol. The van der Waals surface area contributed by atoms with Gasteiger partial charge in [0.25, 0.3) is 0 Å². The van der Waals surface area contributed by atoms with Crippen LogP contribution in [0.4, 0.5) is 4.39 Å². The van der Waals surface area contributed by atoms with Gasteiger partial charge < -0.3 is 10.8 Å². The summed E-state index contributed by atoms with van der Waals surface area (Å²) in [6.07, 6.45) is 1.45. The number of rotatable bonds is 4. The quantitative estimate of drug-likeness (QED) is 0.765. The SMILES string of the molecule is CC(=O)[C@](N)(CF)Cc1ccc(O)nc1. The van der Waals surface area contributed by atoms with E-state index in [1.165, 1.54) is 19.2 Å².